The van der Waals surface area contributed by atoms with Gasteiger partial charge in [-0.2, -0.15) is 17.9 Å². The number of aromatic nitrogens is 1. The fourth-order valence-electron chi connectivity index (χ4n) is 2.84. The van der Waals surface area contributed by atoms with Crippen LogP contribution >= 0.6 is 11.8 Å². The minimum atomic E-state index is -4.37. The van der Waals surface area contributed by atoms with E-state index in [9.17, 15) is 23.2 Å². The Labute approximate surface area is 159 Å². The molecule has 1 fully saturated rings. The quantitative estimate of drug-likeness (QED) is 0.452. The van der Waals surface area contributed by atoms with Crippen molar-refractivity contribution in [2.75, 3.05) is 36.8 Å². The van der Waals surface area contributed by atoms with Gasteiger partial charge >= 0.3 is 6.18 Å². The Kier molecular flexibility index (Phi) is 5.79. The van der Waals surface area contributed by atoms with Crippen molar-refractivity contribution in [3.05, 3.63) is 59.4 Å². The van der Waals surface area contributed by atoms with Crippen LogP contribution in [0.25, 0.3) is 0 Å². The third kappa shape index (κ3) is 4.85. The minimum Gasteiger partial charge on any atom is -0.618 e. The number of thioether (sulfide) groups is 1. The maximum Gasteiger partial charge on any atom is 0.416 e. The molecule has 0 unspecified atom stereocenters. The molecule has 144 valence electrons. The second-order valence-corrected chi connectivity index (χ2v) is 7.06. The lowest BCUT2D eigenvalue weighted by molar-refractivity contribution is -0.645. The zero-order chi connectivity index (χ0) is 19.4. The van der Waals surface area contributed by atoms with Crippen LogP contribution in [-0.4, -0.2) is 42.7 Å². The predicted octanol–water partition coefficient (Wildman–Crippen LogP) is 2.78. The van der Waals surface area contributed by atoms with Gasteiger partial charge in [-0.3, -0.25) is 4.79 Å². The molecule has 1 amide bonds. The summed E-state index contributed by atoms with van der Waals surface area (Å²) in [6.45, 7) is 1.79. The average Bonchev–Trinajstić information content (AvgIpc) is 2.67. The lowest BCUT2D eigenvalue weighted by Gasteiger charge is -2.36. The number of hydrogen-bond donors (Lipinski definition) is 0. The molecule has 1 aromatic heterocycles. The lowest BCUT2D eigenvalue weighted by Crippen LogP contribution is -2.49. The van der Waals surface area contributed by atoms with Gasteiger partial charge in [-0.1, -0.05) is 6.07 Å². The van der Waals surface area contributed by atoms with Crippen molar-refractivity contribution < 1.29 is 22.7 Å². The fourth-order valence-corrected chi connectivity index (χ4v) is 3.66. The number of benzene rings is 1. The van der Waals surface area contributed by atoms with Gasteiger partial charge in [0.05, 0.1) is 11.3 Å². The Morgan fingerprint density at radius 2 is 1.85 bits per heavy atom. The first kappa shape index (κ1) is 19.3. The van der Waals surface area contributed by atoms with Crippen LogP contribution < -0.4 is 9.63 Å². The summed E-state index contributed by atoms with van der Waals surface area (Å²) in [4.78, 5) is 15.9. The number of carbonyl (C=O) groups excluding carboxylic acids is 1. The van der Waals surface area contributed by atoms with E-state index in [1.54, 1.807) is 29.2 Å². The molecule has 0 aliphatic carbocycles. The van der Waals surface area contributed by atoms with Crippen molar-refractivity contribution in [3.63, 3.8) is 0 Å². The van der Waals surface area contributed by atoms with E-state index in [2.05, 4.69) is 0 Å². The van der Waals surface area contributed by atoms with Crippen molar-refractivity contribution in [3.8, 4) is 0 Å². The predicted molar refractivity (Wildman–Crippen MR) is 96.4 cm³/mol. The van der Waals surface area contributed by atoms with E-state index in [1.165, 1.54) is 24.0 Å². The molecule has 5 nitrogen and oxygen atoms in total. The molecular formula is C18H18F3N3O2S. The third-order valence-corrected chi connectivity index (χ3v) is 5.31. The summed E-state index contributed by atoms with van der Waals surface area (Å²) in [7, 11) is 0. The van der Waals surface area contributed by atoms with Crippen LogP contribution in [0.4, 0.5) is 18.9 Å². The largest absolute Gasteiger partial charge is 0.618 e. The number of piperazine rings is 1. The highest BCUT2D eigenvalue weighted by Gasteiger charge is 2.31. The van der Waals surface area contributed by atoms with E-state index >= 15 is 0 Å². The van der Waals surface area contributed by atoms with Crippen LogP contribution in [0.1, 0.15) is 5.56 Å². The molecular weight excluding hydrogens is 379 g/mol. The summed E-state index contributed by atoms with van der Waals surface area (Å²) in [5, 5.41) is 12.0. The number of halogens is 3. The van der Waals surface area contributed by atoms with Crippen LogP contribution in [0, 0.1) is 5.21 Å². The molecule has 1 aliphatic rings. The average molecular weight is 397 g/mol. The van der Waals surface area contributed by atoms with E-state index < -0.39 is 11.7 Å². The summed E-state index contributed by atoms with van der Waals surface area (Å²) in [5.41, 5.74) is -0.174. The van der Waals surface area contributed by atoms with Gasteiger partial charge in [-0.25, -0.2) is 0 Å². The van der Waals surface area contributed by atoms with Gasteiger partial charge < -0.3 is 15.0 Å². The van der Waals surface area contributed by atoms with Crippen LogP contribution in [-0.2, 0) is 11.0 Å². The highest BCUT2D eigenvalue weighted by Crippen LogP contribution is 2.31. The topological polar surface area (TPSA) is 50.5 Å². The van der Waals surface area contributed by atoms with Gasteiger partial charge in [0.15, 0.2) is 6.20 Å². The minimum absolute atomic E-state index is 0.0902. The number of alkyl halides is 3. The maximum absolute atomic E-state index is 12.9. The van der Waals surface area contributed by atoms with Gasteiger partial charge in [0.2, 0.25) is 5.91 Å². The SMILES string of the molecule is O=C(CSc1cccc[n+]1[O-])N1CCN(c2cccc(C(F)(F)F)c2)CC1. The van der Waals surface area contributed by atoms with Gasteiger partial charge in [0.25, 0.3) is 5.03 Å². The van der Waals surface area contributed by atoms with Crippen LogP contribution in [0.5, 0.6) is 0 Å². The molecule has 2 aromatic rings. The number of carbonyl (C=O) groups is 1. The molecule has 1 aliphatic heterocycles. The Bertz CT molecular complexity index is 808. The molecule has 3 rings (SSSR count). The Morgan fingerprint density at radius 1 is 1.11 bits per heavy atom. The second-order valence-electron chi connectivity index (χ2n) is 6.07. The number of nitrogens with zero attached hydrogens (tertiary/aromatic N) is 3. The van der Waals surface area contributed by atoms with E-state index in [4.69, 9.17) is 0 Å². The van der Waals surface area contributed by atoms with Gasteiger partial charge in [0.1, 0.15) is 0 Å². The molecule has 0 spiro atoms. The summed E-state index contributed by atoms with van der Waals surface area (Å²) in [5.74, 6) is 0.0584. The van der Waals surface area contributed by atoms with Crippen molar-refractivity contribution in [1.29, 1.82) is 0 Å². The molecule has 1 saturated heterocycles. The highest BCUT2D eigenvalue weighted by molar-refractivity contribution is 7.99. The van der Waals surface area contributed by atoms with Crippen LogP contribution in [0.3, 0.4) is 0 Å². The number of anilines is 1. The van der Waals surface area contributed by atoms with E-state index in [0.29, 0.717) is 41.6 Å². The Hall–Kier alpha value is -2.42. The van der Waals surface area contributed by atoms with Gasteiger partial charge in [-0.05, 0) is 36.0 Å². The molecule has 0 N–H and O–H groups in total. The van der Waals surface area contributed by atoms with Crippen molar-refractivity contribution in [2.45, 2.75) is 11.2 Å². The summed E-state index contributed by atoms with van der Waals surface area (Å²) in [6, 6.07) is 10.2. The van der Waals surface area contributed by atoms with Crippen molar-refractivity contribution in [1.82, 2.24) is 4.90 Å². The normalized spacial score (nSPS) is 15.1. The smallest absolute Gasteiger partial charge is 0.416 e. The second kappa shape index (κ2) is 8.08. The van der Waals surface area contributed by atoms with Gasteiger partial charge in [0, 0.05) is 44.0 Å². The lowest BCUT2D eigenvalue weighted by atomic mass is 10.1. The molecule has 2 heterocycles. The number of rotatable bonds is 4. The standard InChI is InChI=1S/C18H18F3N3O2S/c19-18(20,21)14-4-3-5-15(12-14)22-8-10-23(11-9-22)16(25)13-27-17-6-1-2-7-24(17)26/h1-7,12H,8-11,13H2. The Morgan fingerprint density at radius 3 is 2.52 bits per heavy atom. The monoisotopic (exact) mass is 397 g/mol. The number of hydrogen-bond acceptors (Lipinski definition) is 4. The zero-order valence-electron chi connectivity index (χ0n) is 14.4. The number of pyridine rings is 1. The molecule has 0 atom stereocenters. The Balaban J connectivity index is 1.54. The molecule has 1 aromatic carbocycles. The van der Waals surface area contributed by atoms with Gasteiger partial charge in [-0.15, -0.1) is 0 Å². The summed E-state index contributed by atoms with van der Waals surface area (Å²) < 4.78 is 39.3. The third-order valence-electron chi connectivity index (χ3n) is 4.30. The highest BCUT2D eigenvalue weighted by atomic mass is 32.2. The maximum atomic E-state index is 12.9. The molecule has 0 bridgehead atoms. The molecule has 27 heavy (non-hydrogen) atoms. The first-order valence-electron chi connectivity index (χ1n) is 8.35. The van der Waals surface area contributed by atoms with E-state index in [0.717, 1.165) is 12.1 Å². The first-order chi connectivity index (χ1) is 12.8. The summed E-state index contributed by atoms with van der Waals surface area (Å²) >= 11 is 1.17. The molecule has 0 saturated carbocycles. The van der Waals surface area contributed by atoms with Crippen molar-refractivity contribution in [2.24, 2.45) is 0 Å². The zero-order valence-corrected chi connectivity index (χ0v) is 15.2. The van der Waals surface area contributed by atoms with E-state index in [1.807, 2.05) is 4.90 Å². The number of amides is 1. The first-order valence-corrected chi connectivity index (χ1v) is 9.34. The fraction of sp³-hybridized carbons (Fsp3) is 0.333. The van der Waals surface area contributed by atoms with Crippen molar-refractivity contribution >= 4 is 23.4 Å². The summed E-state index contributed by atoms with van der Waals surface area (Å²) in [6.07, 6.45) is -3.00. The van der Waals surface area contributed by atoms with Crippen LogP contribution in [0.15, 0.2) is 53.7 Å². The molecule has 9 heteroatoms. The van der Waals surface area contributed by atoms with E-state index in [-0.39, 0.29) is 11.7 Å². The molecule has 0 radical (unpaired) electrons. The van der Waals surface area contributed by atoms with Crippen LogP contribution in [0.2, 0.25) is 0 Å².